The van der Waals surface area contributed by atoms with Crippen molar-refractivity contribution in [1.82, 2.24) is 0 Å². The van der Waals surface area contributed by atoms with Gasteiger partial charge in [-0.1, -0.05) is 24.6 Å². The predicted octanol–water partition coefficient (Wildman–Crippen LogP) is 3.48. The van der Waals surface area contributed by atoms with Crippen molar-refractivity contribution >= 4 is 17.3 Å². The molecule has 1 aromatic rings. The summed E-state index contributed by atoms with van der Waals surface area (Å²) in [6.07, 6.45) is 4.32. The number of methoxy groups -OCH3 is 1. The Morgan fingerprint density at radius 2 is 2.29 bits per heavy atom. The first-order valence-corrected chi connectivity index (χ1v) is 8.29. The van der Waals surface area contributed by atoms with Crippen molar-refractivity contribution in [3.63, 3.8) is 0 Å². The van der Waals surface area contributed by atoms with Crippen LogP contribution in [0.5, 0.6) is 0 Å². The molecule has 4 heteroatoms. The molecule has 2 atom stereocenters. The van der Waals surface area contributed by atoms with Gasteiger partial charge in [0.1, 0.15) is 0 Å². The molecular formula is C17H27ClN2O. The molecule has 0 saturated carbocycles. The first-order chi connectivity index (χ1) is 10.1. The third-order valence-electron chi connectivity index (χ3n) is 4.30. The average Bonchev–Trinajstić information content (AvgIpc) is 2.48. The van der Waals surface area contributed by atoms with Gasteiger partial charge < -0.3 is 15.4 Å². The van der Waals surface area contributed by atoms with Gasteiger partial charge in [-0.2, -0.15) is 0 Å². The van der Waals surface area contributed by atoms with Crippen molar-refractivity contribution < 1.29 is 4.74 Å². The smallest absolute Gasteiger partial charge is 0.0642 e. The van der Waals surface area contributed by atoms with Gasteiger partial charge in [0.25, 0.3) is 0 Å². The minimum atomic E-state index is 0.216. The Hall–Kier alpha value is -0.770. The molecular weight excluding hydrogens is 284 g/mol. The molecule has 1 aliphatic heterocycles. The first-order valence-electron chi connectivity index (χ1n) is 7.92. The van der Waals surface area contributed by atoms with Gasteiger partial charge in [-0.05, 0) is 49.3 Å². The molecule has 21 heavy (non-hydrogen) atoms. The standard InChI is InChI=1S/C17H27ClN2O/c1-3-15(19)9-13-6-7-17(16(18)10-13)20-8-4-5-14(11-20)12-21-2/h6-7,10,14-15H,3-5,8-9,11-12,19H2,1-2H3. The summed E-state index contributed by atoms with van der Waals surface area (Å²) in [5.74, 6) is 0.605. The van der Waals surface area contributed by atoms with Crippen LogP contribution in [-0.4, -0.2) is 32.8 Å². The van der Waals surface area contributed by atoms with Gasteiger partial charge in [0.2, 0.25) is 0 Å². The molecule has 1 aliphatic rings. The maximum Gasteiger partial charge on any atom is 0.0642 e. The van der Waals surface area contributed by atoms with Gasteiger partial charge in [-0.15, -0.1) is 0 Å². The van der Waals surface area contributed by atoms with E-state index in [1.165, 1.54) is 18.4 Å². The van der Waals surface area contributed by atoms with Crippen molar-refractivity contribution in [3.05, 3.63) is 28.8 Å². The lowest BCUT2D eigenvalue weighted by Gasteiger charge is -2.34. The van der Waals surface area contributed by atoms with Crippen LogP contribution in [0.15, 0.2) is 18.2 Å². The van der Waals surface area contributed by atoms with Crippen LogP contribution < -0.4 is 10.6 Å². The summed E-state index contributed by atoms with van der Waals surface area (Å²) < 4.78 is 5.30. The average molecular weight is 311 g/mol. The van der Waals surface area contributed by atoms with Crippen LogP contribution in [0.4, 0.5) is 5.69 Å². The van der Waals surface area contributed by atoms with Crippen molar-refractivity contribution in [1.29, 1.82) is 0 Å². The van der Waals surface area contributed by atoms with E-state index in [9.17, 15) is 0 Å². The van der Waals surface area contributed by atoms with E-state index in [0.29, 0.717) is 5.92 Å². The van der Waals surface area contributed by atoms with E-state index in [1.807, 2.05) is 0 Å². The molecule has 1 aromatic carbocycles. The summed E-state index contributed by atoms with van der Waals surface area (Å²) in [5, 5.41) is 0.842. The highest BCUT2D eigenvalue weighted by atomic mass is 35.5. The lowest BCUT2D eigenvalue weighted by Crippen LogP contribution is -2.37. The number of hydrogen-bond donors (Lipinski definition) is 1. The van der Waals surface area contributed by atoms with Gasteiger partial charge in [-0.25, -0.2) is 0 Å². The number of anilines is 1. The summed E-state index contributed by atoms with van der Waals surface area (Å²) in [5.41, 5.74) is 8.39. The molecule has 0 aliphatic carbocycles. The van der Waals surface area contributed by atoms with Gasteiger partial charge in [0.15, 0.2) is 0 Å². The molecule has 1 saturated heterocycles. The molecule has 118 valence electrons. The maximum absolute atomic E-state index is 6.50. The second-order valence-electron chi connectivity index (χ2n) is 6.07. The lowest BCUT2D eigenvalue weighted by molar-refractivity contribution is 0.143. The Kier molecular flexibility index (Phi) is 6.34. The number of nitrogens with two attached hydrogens (primary N) is 1. The van der Waals surface area contributed by atoms with E-state index in [4.69, 9.17) is 22.1 Å². The predicted molar refractivity (Wildman–Crippen MR) is 90.2 cm³/mol. The largest absolute Gasteiger partial charge is 0.384 e. The Morgan fingerprint density at radius 1 is 1.48 bits per heavy atom. The zero-order valence-electron chi connectivity index (χ0n) is 13.1. The Balaban J connectivity index is 2.06. The van der Waals surface area contributed by atoms with Gasteiger partial charge in [0.05, 0.1) is 17.3 Å². The number of rotatable bonds is 6. The van der Waals surface area contributed by atoms with Crippen LogP contribution >= 0.6 is 11.6 Å². The fraction of sp³-hybridized carbons (Fsp3) is 0.647. The lowest BCUT2D eigenvalue weighted by atomic mass is 9.98. The number of piperidine rings is 1. The van der Waals surface area contributed by atoms with E-state index in [2.05, 4.69) is 30.0 Å². The second kappa shape index (κ2) is 8.02. The van der Waals surface area contributed by atoms with Crippen LogP contribution in [-0.2, 0) is 11.2 Å². The van der Waals surface area contributed by atoms with E-state index < -0.39 is 0 Å². The molecule has 2 N–H and O–H groups in total. The van der Waals surface area contributed by atoms with Crippen molar-refractivity contribution in [3.8, 4) is 0 Å². The van der Waals surface area contributed by atoms with E-state index in [-0.39, 0.29) is 6.04 Å². The summed E-state index contributed by atoms with van der Waals surface area (Å²) in [7, 11) is 1.78. The zero-order chi connectivity index (χ0) is 15.2. The molecule has 0 spiro atoms. The number of benzene rings is 1. The highest BCUT2D eigenvalue weighted by Crippen LogP contribution is 2.31. The summed E-state index contributed by atoms with van der Waals surface area (Å²) in [6, 6.07) is 6.60. The first kappa shape index (κ1) is 16.6. The molecule has 0 bridgehead atoms. The third-order valence-corrected chi connectivity index (χ3v) is 4.60. The summed E-state index contributed by atoms with van der Waals surface area (Å²) in [6.45, 7) is 5.05. The number of nitrogens with zero attached hydrogens (tertiary/aromatic N) is 1. The number of ether oxygens (including phenoxy) is 1. The highest BCUT2D eigenvalue weighted by Gasteiger charge is 2.21. The van der Waals surface area contributed by atoms with Gasteiger partial charge in [0, 0.05) is 26.2 Å². The topological polar surface area (TPSA) is 38.5 Å². The van der Waals surface area contributed by atoms with Crippen molar-refractivity contribution in [2.24, 2.45) is 11.7 Å². The molecule has 0 aromatic heterocycles. The van der Waals surface area contributed by atoms with E-state index in [1.54, 1.807) is 7.11 Å². The monoisotopic (exact) mass is 310 g/mol. The SMILES string of the molecule is CCC(N)Cc1ccc(N2CCCC(COC)C2)c(Cl)c1. The normalized spacial score (nSPS) is 20.6. The minimum Gasteiger partial charge on any atom is -0.384 e. The van der Waals surface area contributed by atoms with Gasteiger partial charge in [-0.3, -0.25) is 0 Å². The van der Waals surface area contributed by atoms with E-state index in [0.717, 1.165) is 43.2 Å². The van der Waals surface area contributed by atoms with Gasteiger partial charge >= 0.3 is 0 Å². The fourth-order valence-electron chi connectivity index (χ4n) is 3.04. The van der Waals surface area contributed by atoms with Crippen LogP contribution in [0.3, 0.4) is 0 Å². The van der Waals surface area contributed by atoms with Crippen LogP contribution in [0, 0.1) is 5.92 Å². The number of hydrogen-bond acceptors (Lipinski definition) is 3. The van der Waals surface area contributed by atoms with Crippen LogP contribution in [0.2, 0.25) is 5.02 Å². The molecule has 0 amide bonds. The maximum atomic E-state index is 6.50. The molecule has 0 radical (unpaired) electrons. The Morgan fingerprint density at radius 3 is 2.95 bits per heavy atom. The molecule has 2 unspecified atom stereocenters. The second-order valence-corrected chi connectivity index (χ2v) is 6.48. The van der Waals surface area contributed by atoms with E-state index >= 15 is 0 Å². The van der Waals surface area contributed by atoms with Crippen molar-refractivity contribution in [2.75, 3.05) is 31.7 Å². The summed E-state index contributed by atoms with van der Waals surface area (Å²) >= 11 is 6.50. The summed E-state index contributed by atoms with van der Waals surface area (Å²) in [4.78, 5) is 2.39. The highest BCUT2D eigenvalue weighted by molar-refractivity contribution is 6.33. The molecule has 1 fully saturated rings. The minimum absolute atomic E-state index is 0.216. The molecule has 1 heterocycles. The Labute approximate surface area is 133 Å². The zero-order valence-corrected chi connectivity index (χ0v) is 13.9. The quantitative estimate of drug-likeness (QED) is 0.874. The van der Waals surface area contributed by atoms with Crippen LogP contribution in [0.1, 0.15) is 31.7 Å². The van der Waals surface area contributed by atoms with Crippen molar-refractivity contribution in [2.45, 2.75) is 38.6 Å². The van der Waals surface area contributed by atoms with Crippen LogP contribution in [0.25, 0.3) is 0 Å². The fourth-order valence-corrected chi connectivity index (χ4v) is 3.36. The number of halogens is 1. The molecule has 2 rings (SSSR count). The Bertz CT molecular complexity index is 450. The molecule has 3 nitrogen and oxygen atoms in total. The third kappa shape index (κ3) is 4.60.